The fourth-order valence-electron chi connectivity index (χ4n) is 4.13. The maximum absolute atomic E-state index is 13.1. The minimum atomic E-state index is -0.350. The van der Waals surface area contributed by atoms with Gasteiger partial charge < -0.3 is 15.1 Å². The van der Waals surface area contributed by atoms with Crippen LogP contribution in [0.2, 0.25) is 10.2 Å². The lowest BCUT2D eigenvalue weighted by Crippen LogP contribution is -2.47. The van der Waals surface area contributed by atoms with Crippen LogP contribution in [0.5, 0.6) is 0 Å². The molecule has 10 heteroatoms. The predicted octanol–water partition coefficient (Wildman–Crippen LogP) is 6.79. The zero-order chi connectivity index (χ0) is 26.5. The van der Waals surface area contributed by atoms with E-state index in [1.54, 1.807) is 18.2 Å². The number of rotatable bonds is 7. The van der Waals surface area contributed by atoms with E-state index in [2.05, 4.69) is 20.1 Å². The molecule has 0 atom stereocenters. The Morgan fingerprint density at radius 2 is 1.58 bits per heavy atom. The van der Waals surface area contributed by atoms with Crippen molar-refractivity contribution in [1.29, 1.82) is 0 Å². The van der Waals surface area contributed by atoms with Crippen LogP contribution in [0.15, 0.2) is 84.0 Å². The number of halogens is 3. The van der Waals surface area contributed by atoms with Gasteiger partial charge in [0.2, 0.25) is 0 Å². The Balaban J connectivity index is 1.17. The fourth-order valence-corrected chi connectivity index (χ4v) is 5.43. The molecule has 4 aromatic rings. The number of para-hydroxylation sites is 1. The van der Waals surface area contributed by atoms with Gasteiger partial charge in [0.25, 0.3) is 5.91 Å². The summed E-state index contributed by atoms with van der Waals surface area (Å²) in [5.74, 6) is 0.823. The maximum atomic E-state index is 13.1. The second-order valence-electron chi connectivity index (χ2n) is 8.70. The molecule has 1 aromatic heterocycles. The number of piperazine rings is 1. The molecule has 5 rings (SSSR count). The second-order valence-corrected chi connectivity index (χ2v) is 10.4. The Hall–Kier alpha value is -3.33. The molecule has 3 aromatic carbocycles. The first-order chi connectivity index (χ1) is 18.4. The number of benzene rings is 3. The highest BCUT2D eigenvalue weighted by Crippen LogP contribution is 2.29. The van der Waals surface area contributed by atoms with E-state index in [0.29, 0.717) is 27.3 Å². The van der Waals surface area contributed by atoms with E-state index in [9.17, 15) is 9.18 Å². The highest BCUT2D eigenvalue weighted by molar-refractivity contribution is 7.98. The fraction of sp³-hybridized carbons (Fsp3) is 0.179. The number of carbonyl (C=O) groups excluding carboxylic acids is 1. The van der Waals surface area contributed by atoms with E-state index in [4.69, 9.17) is 28.2 Å². The molecule has 0 bridgehead atoms. The number of hydrogen-bond acceptors (Lipinski definition) is 6. The molecule has 38 heavy (non-hydrogen) atoms. The summed E-state index contributed by atoms with van der Waals surface area (Å²) in [4.78, 5) is 26.1. The van der Waals surface area contributed by atoms with E-state index < -0.39 is 0 Å². The third kappa shape index (κ3) is 6.56. The average molecular weight is 569 g/mol. The summed E-state index contributed by atoms with van der Waals surface area (Å²) in [7, 11) is 0. The summed E-state index contributed by atoms with van der Waals surface area (Å²) in [5, 5.41) is 4.52. The Kier molecular flexibility index (Phi) is 8.32. The Bertz CT molecular complexity index is 1410. The van der Waals surface area contributed by atoms with Crippen molar-refractivity contribution in [1.82, 2.24) is 9.97 Å². The first kappa shape index (κ1) is 26.3. The molecule has 6 nitrogen and oxygen atoms in total. The molecule has 0 saturated carbocycles. The topological polar surface area (TPSA) is 61.4 Å². The van der Waals surface area contributed by atoms with Gasteiger partial charge in [-0.25, -0.2) is 14.4 Å². The van der Waals surface area contributed by atoms with E-state index in [-0.39, 0.29) is 11.7 Å². The number of nitrogens with one attached hydrogen (secondary N) is 1. The second kappa shape index (κ2) is 12.0. The molecule has 1 aliphatic rings. The van der Waals surface area contributed by atoms with Gasteiger partial charge in [0.15, 0.2) is 5.16 Å². The van der Waals surface area contributed by atoms with Crippen molar-refractivity contribution in [2.45, 2.75) is 10.9 Å². The number of anilines is 3. The molecule has 1 aliphatic heterocycles. The van der Waals surface area contributed by atoms with Gasteiger partial charge in [-0.2, -0.15) is 0 Å². The molecule has 1 amide bonds. The van der Waals surface area contributed by atoms with Crippen molar-refractivity contribution in [3.05, 3.63) is 106 Å². The molecule has 2 heterocycles. The number of aromatic nitrogens is 2. The van der Waals surface area contributed by atoms with Crippen LogP contribution in [0.3, 0.4) is 0 Å². The zero-order valence-electron chi connectivity index (χ0n) is 20.3. The van der Waals surface area contributed by atoms with Crippen LogP contribution >= 0.6 is 35.0 Å². The minimum absolute atomic E-state index is 0.256. The number of thioether (sulfide) groups is 1. The molecule has 0 radical (unpaired) electrons. The predicted molar refractivity (Wildman–Crippen MR) is 153 cm³/mol. The van der Waals surface area contributed by atoms with Crippen LogP contribution in [-0.2, 0) is 5.75 Å². The molecule has 0 spiro atoms. The van der Waals surface area contributed by atoms with Gasteiger partial charge in [-0.3, -0.25) is 4.79 Å². The van der Waals surface area contributed by atoms with E-state index in [1.165, 1.54) is 36.0 Å². The van der Waals surface area contributed by atoms with Crippen molar-refractivity contribution in [2.75, 3.05) is 41.3 Å². The molecule has 1 saturated heterocycles. The van der Waals surface area contributed by atoms with Crippen LogP contribution in [0.1, 0.15) is 15.9 Å². The normalized spacial score (nSPS) is 13.4. The van der Waals surface area contributed by atoms with Gasteiger partial charge in [0.1, 0.15) is 16.8 Å². The smallest absolute Gasteiger partial charge is 0.255 e. The van der Waals surface area contributed by atoms with Crippen molar-refractivity contribution in [3.63, 3.8) is 0 Å². The summed E-state index contributed by atoms with van der Waals surface area (Å²) in [6.45, 7) is 3.25. The standard InChI is InChI=1S/C28H24Cl2FN5OS/c29-23-3-1-2-4-24(23)35-13-15-36(16-14-35)26-17-25(30)33-28(34-26)38-18-19-5-7-20(8-6-19)27(37)32-22-11-9-21(31)10-12-22/h1-12,17H,13-16,18H2,(H,32,37). The van der Waals surface area contributed by atoms with Crippen LogP contribution in [-0.4, -0.2) is 42.1 Å². The van der Waals surface area contributed by atoms with Gasteiger partial charge in [-0.05, 0) is 54.1 Å². The maximum Gasteiger partial charge on any atom is 0.255 e. The van der Waals surface area contributed by atoms with E-state index in [0.717, 1.165) is 48.3 Å². The van der Waals surface area contributed by atoms with Gasteiger partial charge in [-0.1, -0.05) is 59.2 Å². The molecule has 1 N–H and O–H groups in total. The molecule has 0 aliphatic carbocycles. The summed E-state index contributed by atoms with van der Waals surface area (Å²) >= 11 is 14.2. The monoisotopic (exact) mass is 567 g/mol. The van der Waals surface area contributed by atoms with Crippen molar-refractivity contribution in [3.8, 4) is 0 Å². The van der Waals surface area contributed by atoms with Crippen LogP contribution in [0.4, 0.5) is 21.6 Å². The Labute approximate surface area is 234 Å². The highest BCUT2D eigenvalue weighted by Gasteiger charge is 2.21. The van der Waals surface area contributed by atoms with Crippen molar-refractivity contribution < 1.29 is 9.18 Å². The molecule has 0 unspecified atom stereocenters. The minimum Gasteiger partial charge on any atom is -0.367 e. The number of nitrogens with zero attached hydrogens (tertiary/aromatic N) is 4. The third-order valence-electron chi connectivity index (χ3n) is 6.14. The molecule has 194 valence electrons. The summed E-state index contributed by atoms with van der Waals surface area (Å²) < 4.78 is 13.1. The van der Waals surface area contributed by atoms with Gasteiger partial charge >= 0.3 is 0 Å². The first-order valence-corrected chi connectivity index (χ1v) is 13.8. The number of carbonyl (C=O) groups is 1. The average Bonchev–Trinajstić information content (AvgIpc) is 2.93. The SMILES string of the molecule is O=C(Nc1ccc(F)cc1)c1ccc(CSc2nc(Cl)cc(N3CCN(c4ccccc4Cl)CC3)n2)cc1. The summed E-state index contributed by atoms with van der Waals surface area (Å²) in [5.41, 5.74) is 3.12. The Morgan fingerprint density at radius 3 is 2.29 bits per heavy atom. The lowest BCUT2D eigenvalue weighted by molar-refractivity contribution is 0.102. The lowest BCUT2D eigenvalue weighted by atomic mass is 10.1. The van der Waals surface area contributed by atoms with Crippen LogP contribution < -0.4 is 15.1 Å². The summed E-state index contributed by atoms with van der Waals surface area (Å²) in [6.07, 6.45) is 0. The van der Waals surface area contributed by atoms with Crippen LogP contribution in [0.25, 0.3) is 0 Å². The van der Waals surface area contributed by atoms with Gasteiger partial charge in [0.05, 0.1) is 10.7 Å². The summed E-state index contributed by atoms with van der Waals surface area (Å²) in [6, 6.07) is 22.7. The largest absolute Gasteiger partial charge is 0.367 e. The van der Waals surface area contributed by atoms with Crippen molar-refractivity contribution >= 4 is 58.1 Å². The molecular formula is C28H24Cl2FN5OS. The molecule has 1 fully saturated rings. The Morgan fingerprint density at radius 1 is 0.895 bits per heavy atom. The molecular weight excluding hydrogens is 544 g/mol. The first-order valence-electron chi connectivity index (χ1n) is 12.0. The van der Waals surface area contributed by atoms with Crippen LogP contribution in [0, 0.1) is 5.82 Å². The third-order valence-corrected chi connectivity index (χ3v) is 7.58. The van der Waals surface area contributed by atoms with Crippen molar-refractivity contribution in [2.24, 2.45) is 0 Å². The van der Waals surface area contributed by atoms with E-state index in [1.807, 2.05) is 36.4 Å². The quantitative estimate of drug-likeness (QED) is 0.151. The highest BCUT2D eigenvalue weighted by atomic mass is 35.5. The van der Waals surface area contributed by atoms with Gasteiger partial charge in [-0.15, -0.1) is 0 Å². The van der Waals surface area contributed by atoms with E-state index >= 15 is 0 Å². The zero-order valence-corrected chi connectivity index (χ0v) is 22.6. The number of amides is 1. The number of hydrogen-bond donors (Lipinski definition) is 1. The van der Waals surface area contributed by atoms with Gasteiger partial charge in [0, 0.05) is 49.2 Å². The lowest BCUT2D eigenvalue weighted by Gasteiger charge is -2.37.